The Labute approximate surface area is 230 Å². The van der Waals surface area contributed by atoms with Crippen molar-refractivity contribution < 1.29 is 23.7 Å². The lowest BCUT2D eigenvalue weighted by Gasteiger charge is -2.48. The molecule has 0 radical (unpaired) electrons. The van der Waals surface area contributed by atoms with Gasteiger partial charge in [-0.3, -0.25) is 9.69 Å². The van der Waals surface area contributed by atoms with Gasteiger partial charge in [0.2, 0.25) is 12.5 Å². The Balaban J connectivity index is 1.06. The number of Topliss-reactive ketones (excluding diaryl/α,β-unsaturated/α-hetero) is 1. The van der Waals surface area contributed by atoms with Crippen molar-refractivity contribution in [1.82, 2.24) is 4.90 Å². The van der Waals surface area contributed by atoms with Gasteiger partial charge in [-0.2, -0.15) is 0 Å². The first-order valence-electron chi connectivity index (χ1n) is 14.4. The smallest absolute Gasteiger partial charge is 0.231 e. The van der Waals surface area contributed by atoms with Crippen molar-refractivity contribution in [3.63, 3.8) is 0 Å². The van der Waals surface area contributed by atoms with Gasteiger partial charge in [0.25, 0.3) is 0 Å². The highest BCUT2D eigenvalue weighted by Gasteiger charge is 2.54. The first-order valence-corrected chi connectivity index (χ1v) is 14.4. The zero-order valence-electron chi connectivity index (χ0n) is 23.2. The van der Waals surface area contributed by atoms with Gasteiger partial charge in [-0.15, -0.1) is 0 Å². The fraction of sp³-hybridized carbons (Fsp3) is 0.545. The van der Waals surface area contributed by atoms with Crippen LogP contribution in [-0.2, 0) is 17.6 Å². The lowest BCUT2D eigenvalue weighted by molar-refractivity contribution is -0.129. The molecule has 204 valence electrons. The van der Waals surface area contributed by atoms with E-state index in [4.69, 9.17) is 18.9 Å². The maximum absolute atomic E-state index is 12.6. The summed E-state index contributed by atoms with van der Waals surface area (Å²) in [4.78, 5) is 14.9. The summed E-state index contributed by atoms with van der Waals surface area (Å²) < 4.78 is 23.3. The molecule has 0 unspecified atom stereocenters. The van der Waals surface area contributed by atoms with Crippen LogP contribution in [0.1, 0.15) is 73.2 Å². The molecule has 0 bridgehead atoms. The fourth-order valence-corrected chi connectivity index (χ4v) is 8.29. The Hall–Kier alpha value is -3.17. The van der Waals surface area contributed by atoms with Gasteiger partial charge in [0, 0.05) is 23.9 Å². The molecule has 39 heavy (non-hydrogen) atoms. The van der Waals surface area contributed by atoms with Crippen LogP contribution in [0.15, 0.2) is 24.3 Å². The first-order chi connectivity index (χ1) is 19.0. The quantitative estimate of drug-likeness (QED) is 0.494. The number of carbonyl (C=O) groups is 1. The van der Waals surface area contributed by atoms with Gasteiger partial charge in [0.05, 0.1) is 7.11 Å². The zero-order chi connectivity index (χ0) is 26.7. The molecule has 5 aliphatic rings. The Bertz CT molecular complexity index is 1390. The van der Waals surface area contributed by atoms with E-state index < -0.39 is 0 Å². The SMILES string of the molecule is COc1c2c(cc3c1[C@H](C#CCOc1ccc4c(c1)CC[C@H]1[C@@H]4CC[C@]4(C)C(=O)CC[C@@H]14)N(C)CC3)OCO2. The molecule has 2 aliphatic heterocycles. The van der Waals surface area contributed by atoms with Crippen LogP contribution in [-0.4, -0.2) is 44.8 Å². The molecule has 6 heteroatoms. The number of rotatable bonds is 3. The van der Waals surface area contributed by atoms with Crippen LogP contribution in [0.5, 0.6) is 23.0 Å². The molecule has 0 saturated heterocycles. The molecule has 5 atom stereocenters. The number of fused-ring (bicyclic) bond motifs is 7. The Kier molecular flexibility index (Phi) is 6.04. The average molecular weight is 528 g/mol. The van der Waals surface area contributed by atoms with Crippen LogP contribution in [0, 0.1) is 29.1 Å². The summed E-state index contributed by atoms with van der Waals surface area (Å²) in [7, 11) is 3.77. The van der Waals surface area contributed by atoms with Gasteiger partial charge in [-0.25, -0.2) is 0 Å². The maximum Gasteiger partial charge on any atom is 0.231 e. The molecule has 0 spiro atoms. The van der Waals surface area contributed by atoms with E-state index in [9.17, 15) is 4.79 Å². The fourth-order valence-electron chi connectivity index (χ4n) is 8.29. The molecule has 0 amide bonds. The number of nitrogens with zero attached hydrogens (tertiary/aromatic N) is 1. The zero-order valence-corrected chi connectivity index (χ0v) is 23.2. The van der Waals surface area contributed by atoms with Crippen molar-refractivity contribution in [2.24, 2.45) is 17.3 Å². The summed E-state index contributed by atoms with van der Waals surface area (Å²) in [6, 6.07) is 8.61. The second kappa shape index (κ2) is 9.48. The van der Waals surface area contributed by atoms with Gasteiger partial charge < -0.3 is 18.9 Å². The van der Waals surface area contributed by atoms with Crippen LogP contribution in [0.25, 0.3) is 0 Å². The minimum atomic E-state index is -0.0956. The summed E-state index contributed by atoms with van der Waals surface area (Å²) in [6.45, 7) is 3.71. The second-order valence-corrected chi connectivity index (χ2v) is 12.2. The first kappa shape index (κ1) is 24.8. The van der Waals surface area contributed by atoms with Crippen molar-refractivity contribution >= 4 is 5.78 Å². The van der Waals surface area contributed by atoms with Crippen LogP contribution >= 0.6 is 0 Å². The van der Waals surface area contributed by atoms with Gasteiger partial charge in [-0.05, 0) is 98.2 Å². The average Bonchev–Trinajstić information content (AvgIpc) is 3.54. The molecule has 2 fully saturated rings. The van der Waals surface area contributed by atoms with Crippen LogP contribution in [0.4, 0.5) is 0 Å². The van der Waals surface area contributed by atoms with E-state index in [0.717, 1.165) is 67.9 Å². The monoisotopic (exact) mass is 527 g/mol. The second-order valence-electron chi connectivity index (χ2n) is 12.2. The third-order valence-electron chi connectivity index (χ3n) is 10.4. The normalized spacial score (nSPS) is 30.4. The number of aryl methyl sites for hydroxylation is 1. The maximum atomic E-state index is 12.6. The summed E-state index contributed by atoms with van der Waals surface area (Å²) >= 11 is 0. The van der Waals surface area contributed by atoms with E-state index in [-0.39, 0.29) is 18.2 Å². The number of benzene rings is 2. The van der Waals surface area contributed by atoms with Crippen molar-refractivity contribution in [3.8, 4) is 34.8 Å². The number of carbonyl (C=O) groups excluding carboxylic acids is 1. The molecule has 2 heterocycles. The van der Waals surface area contributed by atoms with Gasteiger partial charge in [0.15, 0.2) is 11.5 Å². The minimum absolute atomic E-state index is 0.0713. The van der Waals surface area contributed by atoms with Crippen LogP contribution in [0.2, 0.25) is 0 Å². The standard InChI is InChI=1S/C33H37NO5/c1-33-14-12-24-23-9-7-22(17-20(23)6-8-25(24)26(33)10-11-29(33)35)37-16-4-5-27-30-21(13-15-34(27)2)18-28-31(32(30)36-3)39-19-38-28/h7,9,17-18,24-27H,6,8,10-16,19H2,1-3H3/t24-,25+,26+,27+,33+/m1/s1. The molecule has 0 N–H and O–H groups in total. The predicted octanol–water partition coefficient (Wildman–Crippen LogP) is 5.46. The number of likely N-dealkylation sites (N-methyl/N-ethyl adjacent to an activating group) is 1. The largest absolute Gasteiger partial charge is 0.492 e. The molecule has 2 aromatic carbocycles. The molecular formula is C33H37NO5. The van der Waals surface area contributed by atoms with E-state index in [1.165, 1.54) is 23.1 Å². The van der Waals surface area contributed by atoms with Crippen LogP contribution < -0.4 is 18.9 Å². The molecule has 6 nitrogen and oxygen atoms in total. The van der Waals surface area contributed by atoms with E-state index in [1.807, 2.05) is 0 Å². The highest BCUT2D eigenvalue weighted by molar-refractivity contribution is 5.87. The molecular weight excluding hydrogens is 490 g/mol. The number of hydrogen-bond donors (Lipinski definition) is 0. The van der Waals surface area contributed by atoms with Gasteiger partial charge in [-0.1, -0.05) is 24.8 Å². The summed E-state index contributed by atoms with van der Waals surface area (Å²) in [5, 5.41) is 0. The molecule has 2 aromatic rings. The molecule has 2 saturated carbocycles. The topological polar surface area (TPSA) is 57.2 Å². The van der Waals surface area contributed by atoms with Crippen molar-refractivity contribution in [1.29, 1.82) is 0 Å². The van der Waals surface area contributed by atoms with Gasteiger partial charge >= 0.3 is 0 Å². The number of methoxy groups -OCH3 is 1. The molecule has 3 aliphatic carbocycles. The van der Waals surface area contributed by atoms with E-state index >= 15 is 0 Å². The highest BCUT2D eigenvalue weighted by Crippen LogP contribution is 2.59. The summed E-state index contributed by atoms with van der Waals surface area (Å²) in [6.07, 6.45) is 7.20. The Morgan fingerprint density at radius 3 is 2.87 bits per heavy atom. The third-order valence-corrected chi connectivity index (χ3v) is 10.4. The van der Waals surface area contributed by atoms with Crippen molar-refractivity contribution in [3.05, 3.63) is 46.5 Å². The number of ether oxygens (including phenoxy) is 4. The minimum Gasteiger partial charge on any atom is -0.492 e. The molecule has 0 aromatic heterocycles. The summed E-state index contributed by atoms with van der Waals surface area (Å²) in [5.41, 5.74) is 5.10. The van der Waals surface area contributed by atoms with Gasteiger partial charge in [0.1, 0.15) is 24.2 Å². The lowest BCUT2D eigenvalue weighted by Crippen LogP contribution is -2.42. The lowest BCUT2D eigenvalue weighted by atomic mass is 9.55. The van der Waals surface area contributed by atoms with E-state index in [1.54, 1.807) is 7.11 Å². The summed E-state index contributed by atoms with van der Waals surface area (Å²) in [5.74, 6) is 12.1. The van der Waals surface area contributed by atoms with Crippen molar-refractivity contribution in [2.45, 2.75) is 63.8 Å². The van der Waals surface area contributed by atoms with E-state index in [0.29, 0.717) is 35.9 Å². The van der Waals surface area contributed by atoms with Crippen molar-refractivity contribution in [2.75, 3.05) is 34.1 Å². The predicted molar refractivity (Wildman–Crippen MR) is 148 cm³/mol. The van der Waals surface area contributed by atoms with Crippen LogP contribution in [0.3, 0.4) is 0 Å². The Morgan fingerprint density at radius 1 is 1.10 bits per heavy atom. The number of ketones is 1. The molecule has 7 rings (SSSR count). The van der Waals surface area contributed by atoms with E-state index in [2.05, 4.69) is 55.0 Å². The third kappa shape index (κ3) is 3.92. The highest BCUT2D eigenvalue weighted by atomic mass is 16.7. The number of hydrogen-bond acceptors (Lipinski definition) is 6. The Morgan fingerprint density at radius 2 is 2.00 bits per heavy atom.